The molecule has 3 N–H and O–H groups in total. The monoisotopic (exact) mass is 450 g/mol. The van der Waals surface area contributed by atoms with Crippen molar-refractivity contribution in [1.29, 1.82) is 0 Å². The second-order valence-corrected chi connectivity index (χ2v) is 8.87. The lowest BCUT2D eigenvalue weighted by Gasteiger charge is -2.25. The van der Waals surface area contributed by atoms with Gasteiger partial charge in [-0.15, -0.1) is 0 Å². The molecule has 0 aromatic carbocycles. The van der Waals surface area contributed by atoms with Gasteiger partial charge in [0.2, 0.25) is 0 Å². The fourth-order valence-electron chi connectivity index (χ4n) is 4.74. The summed E-state index contributed by atoms with van der Waals surface area (Å²) in [6.45, 7) is 10.3. The predicted octanol–water partition coefficient (Wildman–Crippen LogP) is 6.66. The van der Waals surface area contributed by atoms with E-state index < -0.39 is 0 Å². The van der Waals surface area contributed by atoms with E-state index in [9.17, 15) is 0 Å². The summed E-state index contributed by atoms with van der Waals surface area (Å²) < 4.78 is 0. The number of hydrogen-bond donors (Lipinski definition) is 3. The zero-order valence-electron chi connectivity index (χ0n) is 19.6. The number of aromatic amines is 2. The average molecular weight is 451 g/mol. The highest BCUT2D eigenvalue weighted by Gasteiger charge is 2.17. The van der Waals surface area contributed by atoms with Crippen molar-refractivity contribution >= 4 is 27.4 Å². The summed E-state index contributed by atoms with van der Waals surface area (Å²) >= 11 is 0. The van der Waals surface area contributed by atoms with Crippen molar-refractivity contribution in [2.45, 2.75) is 39.0 Å². The number of aromatic nitrogens is 5. The molecule has 1 fully saturated rings. The third-order valence-electron chi connectivity index (χ3n) is 6.67. The Labute approximate surface area is 199 Å². The molecule has 4 heterocycles. The van der Waals surface area contributed by atoms with Crippen LogP contribution in [0.2, 0.25) is 0 Å². The van der Waals surface area contributed by atoms with Gasteiger partial charge in [-0.25, -0.2) is 0 Å². The van der Waals surface area contributed by atoms with Crippen molar-refractivity contribution in [3.8, 4) is 11.4 Å². The Morgan fingerprint density at radius 1 is 1.15 bits per heavy atom. The maximum Gasteiger partial charge on any atom is 0.116 e. The molecule has 6 heteroatoms. The Hall–Kier alpha value is -3.93. The fourth-order valence-corrected chi connectivity index (χ4v) is 4.74. The molecule has 5 rings (SSSR count). The van der Waals surface area contributed by atoms with Gasteiger partial charge in [0, 0.05) is 28.4 Å². The molecule has 0 unspecified atom stereocenters. The first-order chi connectivity index (χ1) is 16.7. The van der Waals surface area contributed by atoms with Crippen LogP contribution in [0.1, 0.15) is 44.7 Å². The number of fused-ring (bicyclic) bond motifs is 2. The number of allylic oxidation sites excluding steroid dienone is 5. The number of hydrogen-bond acceptors (Lipinski definition) is 4. The second kappa shape index (κ2) is 9.51. The Kier molecular flexibility index (Phi) is 6.12. The van der Waals surface area contributed by atoms with E-state index in [0.717, 1.165) is 55.9 Å². The largest absolute Gasteiger partial charge is 0.359 e. The van der Waals surface area contributed by atoms with Crippen LogP contribution in [0, 0.1) is 5.92 Å². The molecule has 0 saturated heterocycles. The zero-order valence-corrected chi connectivity index (χ0v) is 19.6. The molecule has 4 aromatic heterocycles. The first kappa shape index (κ1) is 21.9. The van der Waals surface area contributed by atoms with Gasteiger partial charge in [0.15, 0.2) is 0 Å². The molecule has 6 nitrogen and oxygen atoms in total. The van der Waals surface area contributed by atoms with E-state index in [1.54, 1.807) is 6.20 Å². The fraction of sp³-hybridized carbons (Fsp3) is 0.250. The van der Waals surface area contributed by atoms with Gasteiger partial charge < -0.3 is 10.3 Å². The van der Waals surface area contributed by atoms with Crippen LogP contribution in [0.15, 0.2) is 79.6 Å². The summed E-state index contributed by atoms with van der Waals surface area (Å²) in [5, 5.41) is 13.3. The van der Waals surface area contributed by atoms with Gasteiger partial charge in [0.1, 0.15) is 5.69 Å². The molecule has 1 saturated carbocycles. The molecule has 0 bridgehead atoms. The number of nitrogens with one attached hydrogen (secondary N) is 3. The lowest BCUT2D eigenvalue weighted by atomic mass is 9.87. The van der Waals surface area contributed by atoms with Crippen LogP contribution >= 0.6 is 0 Å². The summed E-state index contributed by atoms with van der Waals surface area (Å²) in [6.07, 6.45) is 17.8. The van der Waals surface area contributed by atoms with Crippen LogP contribution in [0.3, 0.4) is 0 Å². The topological polar surface area (TPSA) is 82.3 Å². The normalized spacial score (nSPS) is 15.7. The molecule has 1 aliphatic rings. The number of pyridine rings is 2. The van der Waals surface area contributed by atoms with E-state index in [1.807, 2.05) is 31.5 Å². The second-order valence-electron chi connectivity index (χ2n) is 8.87. The van der Waals surface area contributed by atoms with Gasteiger partial charge in [-0.3, -0.25) is 15.1 Å². The SMILES string of the molecule is C=C/C(=C\C(=C/C)c1cc2c(-c3cc4ccncc4[nH]3)n[nH]c2cn1)NC(=C)C1CCCCC1. The van der Waals surface area contributed by atoms with Gasteiger partial charge in [-0.2, -0.15) is 5.10 Å². The van der Waals surface area contributed by atoms with E-state index in [1.165, 1.54) is 32.1 Å². The minimum Gasteiger partial charge on any atom is -0.359 e. The first-order valence-electron chi connectivity index (χ1n) is 11.9. The van der Waals surface area contributed by atoms with E-state index in [4.69, 9.17) is 4.98 Å². The highest BCUT2D eigenvalue weighted by Crippen LogP contribution is 2.31. The molecular weight excluding hydrogens is 420 g/mol. The lowest BCUT2D eigenvalue weighted by Crippen LogP contribution is -2.20. The van der Waals surface area contributed by atoms with Crippen molar-refractivity contribution in [2.24, 2.45) is 5.92 Å². The maximum absolute atomic E-state index is 4.70. The first-order valence-corrected chi connectivity index (χ1v) is 11.9. The number of nitrogens with zero attached hydrogens (tertiary/aromatic N) is 3. The summed E-state index contributed by atoms with van der Waals surface area (Å²) in [5.41, 5.74) is 7.58. The Bertz CT molecular complexity index is 1380. The molecule has 0 spiro atoms. The minimum atomic E-state index is 0.528. The van der Waals surface area contributed by atoms with Gasteiger partial charge in [-0.1, -0.05) is 38.5 Å². The summed E-state index contributed by atoms with van der Waals surface area (Å²) in [5.74, 6) is 0.528. The molecule has 0 atom stereocenters. The predicted molar refractivity (Wildman–Crippen MR) is 140 cm³/mol. The lowest BCUT2D eigenvalue weighted by molar-refractivity contribution is 0.393. The van der Waals surface area contributed by atoms with Crippen molar-refractivity contribution in [3.05, 3.63) is 85.3 Å². The smallest absolute Gasteiger partial charge is 0.116 e. The molecule has 1 aliphatic carbocycles. The molecule has 34 heavy (non-hydrogen) atoms. The summed E-state index contributed by atoms with van der Waals surface area (Å²) in [7, 11) is 0. The standard InChI is InChI=1S/C28H30N6/c1-4-19(13-22(5-2)31-18(3)20-9-7-6-8-10-20)24-15-23-27(17-30-24)33-34-28(23)25-14-21-11-12-29-16-26(21)32-25/h4-5,11-17,20,31-32H,2-3,6-10H2,1H3,(H,33,34)/b19-4+,22-13+. The minimum absolute atomic E-state index is 0.528. The highest BCUT2D eigenvalue weighted by atomic mass is 15.1. The van der Waals surface area contributed by atoms with Gasteiger partial charge >= 0.3 is 0 Å². The van der Waals surface area contributed by atoms with Crippen LogP contribution in [0.4, 0.5) is 0 Å². The van der Waals surface area contributed by atoms with Gasteiger partial charge in [0.25, 0.3) is 0 Å². The van der Waals surface area contributed by atoms with Crippen molar-refractivity contribution in [1.82, 2.24) is 30.5 Å². The molecule has 0 radical (unpaired) electrons. The van der Waals surface area contributed by atoms with E-state index >= 15 is 0 Å². The van der Waals surface area contributed by atoms with Crippen LogP contribution in [0.25, 0.3) is 38.8 Å². The van der Waals surface area contributed by atoms with Crippen molar-refractivity contribution in [3.63, 3.8) is 0 Å². The quantitative estimate of drug-likeness (QED) is 0.275. The van der Waals surface area contributed by atoms with Gasteiger partial charge in [-0.05, 0) is 61.6 Å². The van der Waals surface area contributed by atoms with E-state index in [-0.39, 0.29) is 0 Å². The molecule has 0 amide bonds. The third kappa shape index (κ3) is 4.31. The Morgan fingerprint density at radius 2 is 2.00 bits per heavy atom. The van der Waals surface area contributed by atoms with Gasteiger partial charge in [0.05, 0.1) is 34.8 Å². The van der Waals surface area contributed by atoms with Crippen molar-refractivity contribution in [2.75, 3.05) is 0 Å². The van der Waals surface area contributed by atoms with E-state index in [2.05, 4.69) is 62.9 Å². The molecule has 172 valence electrons. The molecular formula is C28H30N6. The van der Waals surface area contributed by atoms with Crippen LogP contribution in [-0.2, 0) is 0 Å². The third-order valence-corrected chi connectivity index (χ3v) is 6.67. The Morgan fingerprint density at radius 3 is 2.76 bits per heavy atom. The number of H-pyrrole nitrogens is 2. The van der Waals surface area contributed by atoms with E-state index in [0.29, 0.717) is 5.92 Å². The molecule has 0 aliphatic heterocycles. The molecule has 4 aromatic rings. The summed E-state index contributed by atoms with van der Waals surface area (Å²) in [4.78, 5) is 12.3. The van der Waals surface area contributed by atoms with Crippen LogP contribution < -0.4 is 5.32 Å². The zero-order chi connectivity index (χ0) is 23.5. The average Bonchev–Trinajstić information content (AvgIpc) is 3.50. The number of rotatable bonds is 7. The van der Waals surface area contributed by atoms with Crippen molar-refractivity contribution < 1.29 is 0 Å². The Balaban J connectivity index is 1.45. The maximum atomic E-state index is 4.70. The van der Waals surface area contributed by atoms with Crippen LogP contribution in [-0.4, -0.2) is 25.1 Å². The van der Waals surface area contributed by atoms with Crippen LogP contribution in [0.5, 0.6) is 0 Å². The highest BCUT2D eigenvalue weighted by molar-refractivity contribution is 5.96. The summed E-state index contributed by atoms with van der Waals surface area (Å²) in [6, 6.07) is 6.17.